The molecule has 17 heavy (non-hydrogen) atoms. The molecule has 0 bridgehead atoms. The van der Waals surface area contributed by atoms with Crippen LogP contribution in [0.2, 0.25) is 0 Å². The van der Waals surface area contributed by atoms with Crippen LogP contribution in [0.3, 0.4) is 0 Å². The fraction of sp³-hybridized carbons (Fsp3) is 0.417. The van der Waals surface area contributed by atoms with Crippen molar-refractivity contribution in [1.82, 2.24) is 0 Å². The van der Waals surface area contributed by atoms with Gasteiger partial charge in [-0.05, 0) is 43.5 Å². The Morgan fingerprint density at radius 2 is 2.06 bits per heavy atom. The summed E-state index contributed by atoms with van der Waals surface area (Å²) in [4.78, 5) is 0.234. The minimum atomic E-state index is -3.55. The molecule has 1 aliphatic carbocycles. The summed E-state index contributed by atoms with van der Waals surface area (Å²) in [5, 5.41) is 8.99. The van der Waals surface area contributed by atoms with Gasteiger partial charge in [0.1, 0.15) is 5.75 Å². The second-order valence-corrected chi connectivity index (χ2v) is 6.47. The Hall–Kier alpha value is -1.54. The maximum Gasteiger partial charge on any atom is 0.197 e. The van der Waals surface area contributed by atoms with Gasteiger partial charge in [-0.2, -0.15) is 5.26 Å². The molecule has 0 N–H and O–H groups in total. The van der Waals surface area contributed by atoms with E-state index in [0.29, 0.717) is 24.2 Å². The third-order valence-electron chi connectivity index (χ3n) is 3.09. The van der Waals surface area contributed by atoms with E-state index in [-0.39, 0.29) is 4.90 Å². The number of nitrogens with zero attached hydrogens (tertiary/aromatic N) is 1. The Morgan fingerprint density at radius 3 is 2.47 bits per heavy atom. The van der Waals surface area contributed by atoms with Crippen molar-refractivity contribution in [3.05, 3.63) is 23.8 Å². The second kappa shape index (κ2) is 3.74. The first-order valence-corrected chi connectivity index (χ1v) is 6.76. The first kappa shape index (κ1) is 11.9. The van der Waals surface area contributed by atoms with Gasteiger partial charge in [0, 0.05) is 0 Å². The number of benzene rings is 1. The van der Waals surface area contributed by atoms with Gasteiger partial charge >= 0.3 is 0 Å². The van der Waals surface area contributed by atoms with Crippen molar-refractivity contribution < 1.29 is 13.2 Å². The number of sulfone groups is 1. The van der Waals surface area contributed by atoms with Crippen LogP contribution in [0.1, 0.15) is 18.4 Å². The minimum Gasteiger partial charge on any atom is -0.497 e. The molecule has 0 atom stereocenters. The van der Waals surface area contributed by atoms with Gasteiger partial charge in [0.25, 0.3) is 0 Å². The van der Waals surface area contributed by atoms with Crippen LogP contribution < -0.4 is 4.74 Å². The molecule has 2 rings (SSSR count). The topological polar surface area (TPSA) is 67.2 Å². The van der Waals surface area contributed by atoms with Gasteiger partial charge in [-0.1, -0.05) is 0 Å². The largest absolute Gasteiger partial charge is 0.497 e. The zero-order valence-corrected chi connectivity index (χ0v) is 10.5. The van der Waals surface area contributed by atoms with Gasteiger partial charge in [0.2, 0.25) is 0 Å². The normalized spacial score (nSPS) is 17.2. The smallest absolute Gasteiger partial charge is 0.197 e. The summed E-state index contributed by atoms with van der Waals surface area (Å²) < 4.78 is 28.5. The number of nitriles is 1. The van der Waals surface area contributed by atoms with Crippen molar-refractivity contribution >= 4 is 9.84 Å². The second-order valence-electron chi connectivity index (χ2n) is 4.24. The van der Waals surface area contributed by atoms with E-state index >= 15 is 0 Å². The number of hydrogen-bond acceptors (Lipinski definition) is 4. The van der Waals surface area contributed by atoms with Crippen LogP contribution in [0.5, 0.6) is 5.75 Å². The van der Waals surface area contributed by atoms with Crippen LogP contribution in [-0.4, -0.2) is 20.3 Å². The lowest BCUT2D eigenvalue weighted by atomic mass is 10.2. The highest BCUT2D eigenvalue weighted by molar-refractivity contribution is 7.93. The zero-order valence-electron chi connectivity index (χ0n) is 9.73. The highest BCUT2D eigenvalue weighted by Gasteiger charge is 2.56. The summed E-state index contributed by atoms with van der Waals surface area (Å²) in [6.07, 6.45) is 0.856. The van der Waals surface area contributed by atoms with Crippen molar-refractivity contribution in [2.75, 3.05) is 7.11 Å². The molecule has 4 nitrogen and oxygen atoms in total. The monoisotopic (exact) mass is 251 g/mol. The van der Waals surface area contributed by atoms with E-state index in [1.165, 1.54) is 13.2 Å². The van der Waals surface area contributed by atoms with Crippen LogP contribution in [0.15, 0.2) is 23.1 Å². The number of ether oxygens (including phenoxy) is 1. The number of methoxy groups -OCH3 is 1. The summed E-state index contributed by atoms with van der Waals surface area (Å²) in [6.45, 7) is 1.71. The van der Waals surface area contributed by atoms with Crippen LogP contribution in [0.4, 0.5) is 0 Å². The fourth-order valence-corrected chi connectivity index (χ4v) is 3.73. The molecule has 1 fully saturated rings. The highest BCUT2D eigenvalue weighted by atomic mass is 32.2. The first-order valence-electron chi connectivity index (χ1n) is 5.27. The van der Waals surface area contributed by atoms with E-state index in [0.717, 1.165) is 0 Å². The molecule has 1 aromatic carbocycles. The van der Waals surface area contributed by atoms with Gasteiger partial charge in [-0.25, -0.2) is 8.42 Å². The predicted octanol–water partition coefficient (Wildman–Crippen LogP) is 1.83. The van der Waals surface area contributed by atoms with Crippen molar-refractivity contribution in [2.45, 2.75) is 29.4 Å². The molecule has 0 saturated heterocycles. The maximum atomic E-state index is 12.3. The molecular weight excluding hydrogens is 238 g/mol. The van der Waals surface area contributed by atoms with Gasteiger partial charge in [0.05, 0.1) is 18.1 Å². The quantitative estimate of drug-likeness (QED) is 0.822. The van der Waals surface area contributed by atoms with E-state index in [2.05, 4.69) is 0 Å². The molecule has 0 aromatic heterocycles. The number of rotatable bonds is 3. The maximum absolute atomic E-state index is 12.3. The van der Waals surface area contributed by atoms with Crippen molar-refractivity contribution in [1.29, 1.82) is 5.26 Å². The molecule has 1 aliphatic rings. The molecule has 90 valence electrons. The number of hydrogen-bond donors (Lipinski definition) is 0. The Morgan fingerprint density at radius 1 is 1.41 bits per heavy atom. The van der Waals surface area contributed by atoms with Crippen molar-refractivity contribution in [3.63, 3.8) is 0 Å². The van der Waals surface area contributed by atoms with Crippen molar-refractivity contribution in [2.24, 2.45) is 0 Å². The Kier molecular flexibility index (Phi) is 2.63. The first-order chi connectivity index (χ1) is 7.97. The van der Waals surface area contributed by atoms with E-state index < -0.39 is 14.6 Å². The average molecular weight is 251 g/mol. The Balaban J connectivity index is 2.53. The number of aryl methyl sites for hydroxylation is 1. The Bertz CT molecular complexity index is 595. The summed E-state index contributed by atoms with van der Waals surface area (Å²) >= 11 is 0. The van der Waals surface area contributed by atoms with Gasteiger partial charge < -0.3 is 4.74 Å². The lowest BCUT2D eigenvalue weighted by Crippen LogP contribution is -2.22. The highest BCUT2D eigenvalue weighted by Crippen LogP contribution is 2.46. The minimum absolute atomic E-state index is 0.234. The third kappa shape index (κ3) is 1.69. The molecule has 5 heteroatoms. The van der Waals surface area contributed by atoms with Crippen LogP contribution in [-0.2, 0) is 9.84 Å². The molecule has 0 amide bonds. The molecule has 1 saturated carbocycles. The summed E-state index contributed by atoms with van der Waals surface area (Å²) in [5.74, 6) is 0.614. The lowest BCUT2D eigenvalue weighted by Gasteiger charge is -2.12. The van der Waals surface area contributed by atoms with E-state index in [4.69, 9.17) is 10.00 Å². The van der Waals surface area contributed by atoms with Crippen LogP contribution in [0, 0.1) is 18.3 Å². The third-order valence-corrected chi connectivity index (χ3v) is 5.66. The zero-order chi connectivity index (χ0) is 12.7. The molecule has 0 spiro atoms. The van der Waals surface area contributed by atoms with E-state index in [1.54, 1.807) is 19.1 Å². The summed E-state index contributed by atoms with van der Waals surface area (Å²) in [7, 11) is -2.02. The molecule has 0 unspecified atom stereocenters. The summed E-state index contributed by atoms with van der Waals surface area (Å²) in [5.41, 5.74) is 0.617. The molecule has 1 aromatic rings. The van der Waals surface area contributed by atoms with E-state index in [9.17, 15) is 8.42 Å². The fourth-order valence-electron chi connectivity index (χ4n) is 1.82. The predicted molar refractivity (Wildman–Crippen MR) is 62.5 cm³/mol. The molecule has 0 aliphatic heterocycles. The molecule has 0 radical (unpaired) electrons. The van der Waals surface area contributed by atoms with Crippen molar-refractivity contribution in [3.8, 4) is 11.8 Å². The van der Waals surface area contributed by atoms with Gasteiger partial charge in [-0.15, -0.1) is 0 Å². The summed E-state index contributed by atoms with van der Waals surface area (Å²) in [6, 6.07) is 6.71. The lowest BCUT2D eigenvalue weighted by molar-refractivity contribution is 0.414. The van der Waals surface area contributed by atoms with E-state index in [1.807, 2.05) is 6.07 Å². The van der Waals surface area contributed by atoms with Crippen LogP contribution >= 0.6 is 0 Å². The SMILES string of the molecule is COc1ccc(S(=O)(=O)C2(C#N)CC2)c(C)c1. The van der Waals surface area contributed by atoms with Gasteiger partial charge in [0.15, 0.2) is 14.6 Å². The van der Waals surface area contributed by atoms with Gasteiger partial charge in [-0.3, -0.25) is 0 Å². The Labute approximate surface area is 101 Å². The molecular formula is C12H13NO3S. The molecule has 0 heterocycles. The van der Waals surface area contributed by atoms with Crippen LogP contribution in [0.25, 0.3) is 0 Å². The standard InChI is InChI=1S/C12H13NO3S/c1-9-7-10(16-2)3-4-11(9)17(14,15)12(8-13)5-6-12/h3-4,7H,5-6H2,1-2H3. The average Bonchev–Trinajstić information content (AvgIpc) is 3.09.